The first-order valence-electron chi connectivity index (χ1n) is 10.6. The van der Waals surface area contributed by atoms with Crippen LogP contribution in [-0.4, -0.2) is 56.7 Å². The van der Waals surface area contributed by atoms with Crippen LogP contribution >= 0.6 is 12.2 Å². The maximum absolute atomic E-state index is 5.61. The number of hydrogen-bond acceptors (Lipinski definition) is 7. The number of ether oxygens (including phenoxy) is 2. The Hall–Kier alpha value is -3.63. The molecule has 3 aromatic heterocycles. The largest absolute Gasteiger partial charge is 0.491 e. The van der Waals surface area contributed by atoms with E-state index >= 15 is 0 Å². The number of pyridine rings is 1. The molecule has 170 valence electrons. The second-order valence-corrected chi connectivity index (χ2v) is 7.60. The van der Waals surface area contributed by atoms with Crippen molar-refractivity contribution in [2.24, 2.45) is 0 Å². The molecular weight excluding hydrogens is 438 g/mol. The number of aromatic nitrogens is 5. The van der Waals surface area contributed by atoms with Crippen molar-refractivity contribution in [3.8, 4) is 17.0 Å². The van der Waals surface area contributed by atoms with Gasteiger partial charge in [0.05, 0.1) is 31.2 Å². The SMILES string of the molecule is CCNC(=S)Nc1ccc2ncc(-c3cnn(Cc4ccc(OCCOC)cc4)c3)nc2n1. The standard InChI is InChI=1S/C23H25N7O2S/c1-3-24-23(33)29-21-9-8-19-22(28-21)27-20(13-25-19)17-12-26-30(15-17)14-16-4-6-18(7-5-16)32-11-10-31-2/h4-9,12-13,15H,3,10-11,14H2,1-2H3,(H2,24,27,28,29,33). The van der Waals surface area contributed by atoms with Crippen molar-refractivity contribution in [2.45, 2.75) is 13.5 Å². The van der Waals surface area contributed by atoms with Gasteiger partial charge in [0.2, 0.25) is 0 Å². The Morgan fingerprint density at radius 2 is 1.91 bits per heavy atom. The molecule has 0 saturated heterocycles. The average Bonchev–Trinajstić information content (AvgIpc) is 3.28. The molecule has 0 aliphatic carbocycles. The van der Waals surface area contributed by atoms with Gasteiger partial charge in [-0.15, -0.1) is 0 Å². The number of rotatable bonds is 9. The Balaban J connectivity index is 1.45. The van der Waals surface area contributed by atoms with E-state index < -0.39 is 0 Å². The zero-order valence-corrected chi connectivity index (χ0v) is 19.3. The lowest BCUT2D eigenvalue weighted by atomic mass is 10.2. The van der Waals surface area contributed by atoms with Crippen molar-refractivity contribution in [3.63, 3.8) is 0 Å². The number of nitrogens with one attached hydrogen (secondary N) is 2. The fraction of sp³-hybridized carbons (Fsp3) is 0.261. The van der Waals surface area contributed by atoms with Crippen LogP contribution in [0.15, 0.2) is 55.0 Å². The second-order valence-electron chi connectivity index (χ2n) is 7.19. The van der Waals surface area contributed by atoms with Gasteiger partial charge in [-0.05, 0) is 49.0 Å². The third kappa shape index (κ3) is 5.99. The van der Waals surface area contributed by atoms with Crippen molar-refractivity contribution in [3.05, 3.63) is 60.6 Å². The third-order valence-electron chi connectivity index (χ3n) is 4.74. The Bertz CT molecular complexity index is 1230. The van der Waals surface area contributed by atoms with Gasteiger partial charge in [-0.3, -0.25) is 9.67 Å². The molecule has 0 fully saturated rings. The number of fused-ring (bicyclic) bond motifs is 1. The van der Waals surface area contributed by atoms with Gasteiger partial charge in [-0.25, -0.2) is 9.97 Å². The van der Waals surface area contributed by atoms with Crippen LogP contribution in [0.25, 0.3) is 22.4 Å². The minimum absolute atomic E-state index is 0.518. The molecule has 0 saturated carbocycles. The summed E-state index contributed by atoms with van der Waals surface area (Å²) in [7, 11) is 1.65. The number of nitrogens with zero attached hydrogens (tertiary/aromatic N) is 5. The number of methoxy groups -OCH3 is 1. The average molecular weight is 464 g/mol. The van der Waals surface area contributed by atoms with E-state index in [2.05, 4.69) is 30.7 Å². The highest BCUT2D eigenvalue weighted by Gasteiger charge is 2.08. The predicted molar refractivity (Wildman–Crippen MR) is 131 cm³/mol. The molecule has 2 N–H and O–H groups in total. The maximum Gasteiger partial charge on any atom is 0.180 e. The molecule has 0 radical (unpaired) electrons. The molecule has 0 aliphatic rings. The van der Waals surface area contributed by atoms with E-state index in [1.807, 2.05) is 54.2 Å². The Morgan fingerprint density at radius 1 is 1.06 bits per heavy atom. The van der Waals surface area contributed by atoms with Gasteiger partial charge in [0, 0.05) is 25.4 Å². The Labute approximate surface area is 197 Å². The van der Waals surface area contributed by atoms with E-state index in [1.54, 1.807) is 19.5 Å². The minimum Gasteiger partial charge on any atom is -0.491 e. The molecule has 0 aliphatic heterocycles. The molecular formula is C23H25N7O2S. The molecule has 0 amide bonds. The molecule has 4 rings (SSSR count). The maximum atomic E-state index is 5.61. The summed E-state index contributed by atoms with van der Waals surface area (Å²) in [4.78, 5) is 13.7. The first kappa shape index (κ1) is 22.6. The predicted octanol–water partition coefficient (Wildman–Crippen LogP) is 3.27. The summed E-state index contributed by atoms with van der Waals surface area (Å²) in [5.41, 5.74) is 3.93. The summed E-state index contributed by atoms with van der Waals surface area (Å²) in [6.45, 7) is 4.44. The number of hydrogen-bond donors (Lipinski definition) is 2. The van der Waals surface area contributed by atoms with E-state index in [-0.39, 0.29) is 0 Å². The van der Waals surface area contributed by atoms with Crippen molar-refractivity contribution in [2.75, 3.05) is 32.2 Å². The molecule has 10 heteroatoms. The van der Waals surface area contributed by atoms with Gasteiger partial charge in [0.1, 0.15) is 23.7 Å². The zero-order valence-electron chi connectivity index (χ0n) is 18.5. The summed E-state index contributed by atoms with van der Waals surface area (Å²) in [6, 6.07) is 11.6. The summed E-state index contributed by atoms with van der Waals surface area (Å²) in [5.74, 6) is 1.43. The smallest absolute Gasteiger partial charge is 0.180 e. The van der Waals surface area contributed by atoms with Crippen molar-refractivity contribution < 1.29 is 9.47 Å². The fourth-order valence-corrected chi connectivity index (χ4v) is 3.38. The molecule has 1 aromatic carbocycles. The zero-order chi connectivity index (χ0) is 23.0. The lowest BCUT2D eigenvalue weighted by Crippen LogP contribution is -2.28. The van der Waals surface area contributed by atoms with E-state index in [0.29, 0.717) is 47.5 Å². The van der Waals surface area contributed by atoms with Crippen LogP contribution in [0, 0.1) is 0 Å². The second kappa shape index (κ2) is 10.8. The highest BCUT2D eigenvalue weighted by Crippen LogP contribution is 2.20. The molecule has 33 heavy (non-hydrogen) atoms. The van der Waals surface area contributed by atoms with Crippen LogP contribution in [0.2, 0.25) is 0 Å². The van der Waals surface area contributed by atoms with Crippen molar-refractivity contribution >= 4 is 34.3 Å². The molecule has 0 spiro atoms. The molecule has 0 unspecified atom stereocenters. The van der Waals surface area contributed by atoms with E-state index in [4.69, 9.17) is 21.7 Å². The van der Waals surface area contributed by atoms with Crippen LogP contribution in [0.3, 0.4) is 0 Å². The van der Waals surface area contributed by atoms with Crippen LogP contribution in [0.5, 0.6) is 5.75 Å². The topological polar surface area (TPSA) is 99.0 Å². The fourth-order valence-electron chi connectivity index (χ4n) is 3.13. The van der Waals surface area contributed by atoms with Crippen LogP contribution in [-0.2, 0) is 11.3 Å². The van der Waals surface area contributed by atoms with Gasteiger partial charge in [0.25, 0.3) is 0 Å². The summed E-state index contributed by atoms with van der Waals surface area (Å²) in [5, 5.41) is 11.1. The Morgan fingerprint density at radius 3 is 2.70 bits per heavy atom. The summed E-state index contributed by atoms with van der Waals surface area (Å²) < 4.78 is 12.5. The molecule has 0 bridgehead atoms. The van der Waals surface area contributed by atoms with Gasteiger partial charge in [-0.1, -0.05) is 12.1 Å². The van der Waals surface area contributed by atoms with Gasteiger partial charge < -0.3 is 20.1 Å². The van der Waals surface area contributed by atoms with Gasteiger partial charge in [-0.2, -0.15) is 5.10 Å². The summed E-state index contributed by atoms with van der Waals surface area (Å²) >= 11 is 5.23. The number of thiocarbonyl (C=S) groups is 1. The molecule has 3 heterocycles. The van der Waals surface area contributed by atoms with E-state index in [9.17, 15) is 0 Å². The molecule has 0 atom stereocenters. The van der Waals surface area contributed by atoms with E-state index in [0.717, 1.165) is 23.4 Å². The third-order valence-corrected chi connectivity index (χ3v) is 4.99. The minimum atomic E-state index is 0.518. The lowest BCUT2D eigenvalue weighted by molar-refractivity contribution is 0.146. The number of anilines is 1. The van der Waals surface area contributed by atoms with Crippen molar-refractivity contribution in [1.29, 1.82) is 0 Å². The summed E-state index contributed by atoms with van der Waals surface area (Å²) in [6.07, 6.45) is 5.45. The highest BCUT2D eigenvalue weighted by atomic mass is 32.1. The van der Waals surface area contributed by atoms with Crippen LogP contribution in [0.4, 0.5) is 5.82 Å². The Kier molecular flexibility index (Phi) is 7.38. The quantitative estimate of drug-likeness (QED) is 0.286. The molecule has 9 nitrogen and oxygen atoms in total. The number of benzene rings is 1. The highest BCUT2D eigenvalue weighted by molar-refractivity contribution is 7.80. The lowest BCUT2D eigenvalue weighted by Gasteiger charge is -2.08. The normalized spacial score (nSPS) is 10.8. The molecule has 4 aromatic rings. The van der Waals surface area contributed by atoms with Gasteiger partial charge in [0.15, 0.2) is 10.8 Å². The van der Waals surface area contributed by atoms with Crippen molar-refractivity contribution in [1.82, 2.24) is 30.0 Å². The first-order chi connectivity index (χ1) is 16.1. The monoisotopic (exact) mass is 463 g/mol. The van der Waals surface area contributed by atoms with Gasteiger partial charge >= 0.3 is 0 Å². The van der Waals surface area contributed by atoms with E-state index in [1.165, 1.54) is 0 Å². The van der Waals surface area contributed by atoms with Crippen LogP contribution < -0.4 is 15.4 Å². The first-order valence-corrected chi connectivity index (χ1v) is 11.0. The van der Waals surface area contributed by atoms with Crippen LogP contribution in [0.1, 0.15) is 12.5 Å².